The van der Waals surface area contributed by atoms with Crippen molar-refractivity contribution in [3.8, 4) is 11.5 Å². The van der Waals surface area contributed by atoms with Gasteiger partial charge < -0.3 is 29.0 Å². The first-order valence-corrected chi connectivity index (χ1v) is 13.7. The maximum absolute atomic E-state index is 13.7. The lowest BCUT2D eigenvalue weighted by molar-refractivity contribution is -0.149. The van der Waals surface area contributed by atoms with Crippen LogP contribution in [-0.4, -0.2) is 84.5 Å². The summed E-state index contributed by atoms with van der Waals surface area (Å²) in [6.45, 7) is 10.8. The van der Waals surface area contributed by atoms with Crippen LogP contribution in [0.2, 0.25) is 0 Å². The van der Waals surface area contributed by atoms with Gasteiger partial charge in [0.1, 0.15) is 34.8 Å². The highest BCUT2D eigenvalue weighted by molar-refractivity contribution is 5.96. The van der Waals surface area contributed by atoms with E-state index in [0.717, 1.165) is 0 Å². The number of hydrogen-bond acceptors (Lipinski definition) is 10. The Balaban J connectivity index is 1.65. The molecule has 12 heteroatoms. The first kappa shape index (κ1) is 30.6. The summed E-state index contributed by atoms with van der Waals surface area (Å²) >= 11 is 0. The Kier molecular flexibility index (Phi) is 8.65. The molecule has 2 fully saturated rings. The summed E-state index contributed by atoms with van der Waals surface area (Å²) in [5, 5.41) is 3.42. The number of amides is 2. The number of nitrogens with zero attached hydrogens (tertiary/aromatic N) is 2. The number of fused-ring (bicyclic) bond motifs is 1. The van der Waals surface area contributed by atoms with Crippen LogP contribution in [0.25, 0.3) is 10.9 Å². The van der Waals surface area contributed by atoms with E-state index in [-0.39, 0.29) is 31.2 Å². The predicted octanol–water partition coefficient (Wildman–Crippen LogP) is 3.41. The number of hydrogen-bond donors (Lipinski definition) is 1. The summed E-state index contributed by atoms with van der Waals surface area (Å²) in [5.74, 6) is -1.19. The van der Waals surface area contributed by atoms with Crippen molar-refractivity contribution in [2.24, 2.45) is 5.92 Å². The minimum absolute atomic E-state index is 0.0117. The lowest BCUT2D eigenvalue weighted by Gasteiger charge is -2.28. The van der Waals surface area contributed by atoms with Crippen molar-refractivity contribution in [2.75, 3.05) is 27.4 Å². The number of likely N-dealkylation sites (tertiary alicyclic amines) is 1. The van der Waals surface area contributed by atoms with Gasteiger partial charge in [-0.3, -0.25) is 9.69 Å². The van der Waals surface area contributed by atoms with Gasteiger partial charge >= 0.3 is 18.0 Å². The molecule has 1 aliphatic carbocycles. The Morgan fingerprint density at radius 3 is 2.52 bits per heavy atom. The molecule has 1 aromatic carbocycles. The van der Waals surface area contributed by atoms with Gasteiger partial charge in [-0.05, 0) is 46.2 Å². The van der Waals surface area contributed by atoms with Gasteiger partial charge in [0.05, 0.1) is 32.9 Å². The lowest BCUT2D eigenvalue weighted by Crippen LogP contribution is -2.53. The quantitative estimate of drug-likeness (QED) is 0.265. The molecule has 0 radical (unpaired) electrons. The zero-order valence-corrected chi connectivity index (χ0v) is 24.7. The second-order valence-electron chi connectivity index (χ2n) is 11.2. The van der Waals surface area contributed by atoms with Crippen LogP contribution in [0.3, 0.4) is 0 Å². The highest BCUT2D eigenvalue weighted by Gasteiger charge is 2.62. The minimum atomic E-state index is -1.23. The van der Waals surface area contributed by atoms with E-state index in [9.17, 15) is 19.2 Å². The van der Waals surface area contributed by atoms with Gasteiger partial charge in [-0.15, -0.1) is 6.58 Å². The number of pyridine rings is 1. The first-order chi connectivity index (χ1) is 19.8. The number of carbonyl (C=O) groups excluding carboxylic acids is 4. The number of esters is 2. The average Bonchev–Trinajstić information content (AvgIpc) is 3.50. The smallest absolute Gasteiger partial charge is 0.411 e. The third-order valence-electron chi connectivity index (χ3n) is 7.15. The van der Waals surface area contributed by atoms with E-state index < -0.39 is 47.2 Å². The van der Waals surface area contributed by atoms with Crippen molar-refractivity contribution >= 4 is 34.8 Å². The van der Waals surface area contributed by atoms with Crippen molar-refractivity contribution in [3.63, 3.8) is 0 Å². The molecule has 0 spiro atoms. The third kappa shape index (κ3) is 6.27. The van der Waals surface area contributed by atoms with Crippen LogP contribution in [-0.2, 0) is 23.8 Å². The van der Waals surface area contributed by atoms with Gasteiger partial charge in [0.15, 0.2) is 5.69 Å². The third-order valence-corrected chi connectivity index (χ3v) is 7.15. The summed E-state index contributed by atoms with van der Waals surface area (Å²) < 4.78 is 27.3. The van der Waals surface area contributed by atoms with E-state index >= 15 is 0 Å². The van der Waals surface area contributed by atoms with E-state index in [1.165, 1.54) is 25.2 Å². The monoisotopic (exact) mass is 583 g/mol. The molecule has 2 heterocycles. The van der Waals surface area contributed by atoms with E-state index in [1.807, 2.05) is 0 Å². The van der Waals surface area contributed by atoms with Crippen molar-refractivity contribution in [2.45, 2.75) is 63.8 Å². The number of benzene rings is 1. The van der Waals surface area contributed by atoms with Crippen LogP contribution in [0.1, 0.15) is 51.0 Å². The first-order valence-electron chi connectivity index (χ1n) is 13.7. The van der Waals surface area contributed by atoms with Crippen LogP contribution < -0.4 is 14.8 Å². The van der Waals surface area contributed by atoms with Gasteiger partial charge in [0, 0.05) is 29.9 Å². The number of ether oxygens (including phenoxy) is 5. The fraction of sp³-hybridized carbons (Fsp3) is 0.500. The molecule has 1 aliphatic heterocycles. The molecule has 2 aromatic rings. The second kappa shape index (κ2) is 11.9. The second-order valence-corrected chi connectivity index (χ2v) is 11.2. The zero-order chi connectivity index (χ0) is 30.8. The maximum Gasteiger partial charge on any atom is 0.411 e. The van der Waals surface area contributed by atoms with Gasteiger partial charge in [0.25, 0.3) is 0 Å². The van der Waals surface area contributed by atoms with Crippen molar-refractivity contribution in [1.29, 1.82) is 0 Å². The zero-order valence-electron chi connectivity index (χ0n) is 24.7. The van der Waals surface area contributed by atoms with Crippen LogP contribution in [0.4, 0.5) is 4.79 Å². The number of carbonyl (C=O) groups is 4. The van der Waals surface area contributed by atoms with Gasteiger partial charge in [-0.2, -0.15) is 0 Å². The molecule has 2 aliphatic rings. The molecule has 1 aromatic heterocycles. The largest absolute Gasteiger partial charge is 0.497 e. The normalized spacial score (nSPS) is 23.1. The van der Waals surface area contributed by atoms with Gasteiger partial charge in [0.2, 0.25) is 5.91 Å². The van der Waals surface area contributed by atoms with Crippen LogP contribution in [0, 0.1) is 5.92 Å². The molecule has 0 bridgehead atoms. The Hall–Kier alpha value is -4.35. The molecule has 0 unspecified atom stereocenters. The molecular weight excluding hydrogens is 546 g/mol. The van der Waals surface area contributed by atoms with Crippen molar-refractivity contribution in [3.05, 3.63) is 42.6 Å². The predicted molar refractivity (Wildman–Crippen MR) is 151 cm³/mol. The number of nitrogens with one attached hydrogen (secondary N) is 1. The summed E-state index contributed by atoms with van der Waals surface area (Å²) in [6, 6.07) is 5.59. The maximum atomic E-state index is 13.7. The average molecular weight is 584 g/mol. The van der Waals surface area contributed by atoms with Crippen LogP contribution in [0.15, 0.2) is 36.9 Å². The standard InChI is InChI=1S/C30H37N3O9/c1-8-17-15-30(17,27(36)40-9-2)32-25(34)23-13-19(16-33(23)28(37)42-29(3,4)5)41-24-14-22(26(35)39-7)31-21-12-18(38-6)10-11-20(21)24/h8,10-12,14,17,19,23H,1,9,13,15-16H2,2-7H3,(H,32,34)/t17-,19-,23+,30-/m1/s1. The minimum Gasteiger partial charge on any atom is -0.497 e. The molecule has 1 saturated carbocycles. The fourth-order valence-corrected chi connectivity index (χ4v) is 5.01. The molecule has 42 heavy (non-hydrogen) atoms. The van der Waals surface area contributed by atoms with Crippen LogP contribution in [0.5, 0.6) is 11.5 Å². The highest BCUT2D eigenvalue weighted by atomic mass is 16.6. The molecule has 2 amide bonds. The molecular formula is C30H37N3O9. The molecule has 1 saturated heterocycles. The molecule has 12 nitrogen and oxygen atoms in total. The Bertz CT molecular complexity index is 1400. The van der Waals surface area contributed by atoms with Crippen molar-refractivity contribution in [1.82, 2.24) is 15.2 Å². The van der Waals surface area contributed by atoms with E-state index in [2.05, 4.69) is 16.9 Å². The molecule has 4 atom stereocenters. The van der Waals surface area contributed by atoms with Crippen LogP contribution >= 0.6 is 0 Å². The number of aromatic nitrogens is 1. The number of rotatable bonds is 9. The summed E-state index contributed by atoms with van der Waals surface area (Å²) in [7, 11) is 2.77. The fourth-order valence-electron chi connectivity index (χ4n) is 5.01. The summed E-state index contributed by atoms with van der Waals surface area (Å²) in [6.07, 6.45) is 0.680. The van der Waals surface area contributed by atoms with Gasteiger partial charge in [-0.1, -0.05) is 6.08 Å². The number of methoxy groups -OCH3 is 2. The molecule has 1 N–H and O–H groups in total. The molecule has 226 valence electrons. The summed E-state index contributed by atoms with van der Waals surface area (Å²) in [4.78, 5) is 57.7. The lowest BCUT2D eigenvalue weighted by atomic mass is 10.1. The molecule has 4 rings (SSSR count). The van der Waals surface area contributed by atoms with E-state index in [1.54, 1.807) is 52.0 Å². The van der Waals surface area contributed by atoms with E-state index in [0.29, 0.717) is 28.8 Å². The van der Waals surface area contributed by atoms with Crippen molar-refractivity contribution < 1.29 is 42.9 Å². The van der Waals surface area contributed by atoms with E-state index in [4.69, 9.17) is 23.7 Å². The Morgan fingerprint density at radius 2 is 1.93 bits per heavy atom. The topological polar surface area (TPSA) is 143 Å². The Morgan fingerprint density at radius 1 is 1.19 bits per heavy atom. The highest BCUT2D eigenvalue weighted by Crippen LogP contribution is 2.46. The summed E-state index contributed by atoms with van der Waals surface area (Å²) in [5.41, 5.74) is -1.60. The Labute approximate surface area is 244 Å². The van der Waals surface area contributed by atoms with Gasteiger partial charge in [-0.25, -0.2) is 19.4 Å². The SMILES string of the molecule is C=C[C@@H]1C[C@]1(NC(=O)[C@@H]1C[C@@H](Oc2cc(C(=O)OC)nc3cc(OC)ccc23)CN1C(=O)OC(C)(C)C)C(=O)OCC.